The molecule has 0 spiro atoms. The highest BCUT2D eigenvalue weighted by molar-refractivity contribution is 5.39. The Hall–Kier alpha value is -1.22. The molecule has 0 radical (unpaired) electrons. The molecule has 1 aromatic carbocycles. The van der Waals surface area contributed by atoms with Gasteiger partial charge in [-0.1, -0.05) is 32.4 Å². The van der Waals surface area contributed by atoms with Gasteiger partial charge in [-0.15, -0.1) is 0 Å². The van der Waals surface area contributed by atoms with Crippen LogP contribution in [0.2, 0.25) is 0 Å². The van der Waals surface area contributed by atoms with Crippen LogP contribution < -0.4 is 14.8 Å². The zero-order valence-electron chi connectivity index (χ0n) is 14.2. The summed E-state index contributed by atoms with van der Waals surface area (Å²) in [4.78, 5) is 0. The monoisotopic (exact) mass is 293 g/mol. The first kappa shape index (κ1) is 17.8. The van der Waals surface area contributed by atoms with Crippen molar-refractivity contribution < 1.29 is 9.47 Å². The lowest BCUT2D eigenvalue weighted by atomic mass is 10.1. The Labute approximate surface area is 130 Å². The van der Waals surface area contributed by atoms with Crippen molar-refractivity contribution in [3.05, 3.63) is 24.3 Å². The highest BCUT2D eigenvalue weighted by Crippen LogP contribution is 2.28. The molecule has 21 heavy (non-hydrogen) atoms. The third-order valence-corrected chi connectivity index (χ3v) is 3.08. The first-order valence-corrected chi connectivity index (χ1v) is 8.09. The molecule has 0 aliphatic carbocycles. The third-order valence-electron chi connectivity index (χ3n) is 3.08. The molecule has 3 heteroatoms. The molecule has 1 N–H and O–H groups in total. The maximum Gasteiger partial charge on any atom is 0.161 e. The highest BCUT2D eigenvalue weighted by atomic mass is 16.5. The Bertz CT molecular complexity index is 398. The summed E-state index contributed by atoms with van der Waals surface area (Å²) in [7, 11) is 0. The second kappa shape index (κ2) is 8.93. The second-order valence-corrected chi connectivity index (χ2v) is 6.45. The summed E-state index contributed by atoms with van der Waals surface area (Å²) in [5.41, 5.74) is 0.105. The molecule has 0 heterocycles. The van der Waals surface area contributed by atoms with E-state index in [1.165, 1.54) is 0 Å². The van der Waals surface area contributed by atoms with E-state index in [9.17, 15) is 0 Å². The normalized spacial score (nSPS) is 13.0. The first-order valence-electron chi connectivity index (χ1n) is 8.09. The molecule has 0 aliphatic heterocycles. The van der Waals surface area contributed by atoms with E-state index in [0.29, 0.717) is 0 Å². The van der Waals surface area contributed by atoms with Gasteiger partial charge in [0.25, 0.3) is 0 Å². The zero-order chi connectivity index (χ0) is 15.7. The molecule has 120 valence electrons. The van der Waals surface area contributed by atoms with E-state index in [1.54, 1.807) is 0 Å². The molecule has 0 fully saturated rings. The van der Waals surface area contributed by atoms with Gasteiger partial charge in [0, 0.05) is 12.1 Å². The SMILES string of the molecule is CCCOc1ccccc1OC(CCC)CNC(C)(C)C. The summed E-state index contributed by atoms with van der Waals surface area (Å²) in [5.74, 6) is 1.69. The number of rotatable bonds is 9. The van der Waals surface area contributed by atoms with Gasteiger partial charge >= 0.3 is 0 Å². The number of para-hydroxylation sites is 2. The van der Waals surface area contributed by atoms with Crippen LogP contribution in [0.1, 0.15) is 53.9 Å². The van der Waals surface area contributed by atoms with Gasteiger partial charge in [0.1, 0.15) is 6.10 Å². The van der Waals surface area contributed by atoms with E-state index in [0.717, 1.165) is 43.9 Å². The van der Waals surface area contributed by atoms with Crippen LogP contribution in [0.15, 0.2) is 24.3 Å². The van der Waals surface area contributed by atoms with Gasteiger partial charge in [-0.3, -0.25) is 0 Å². The summed E-state index contributed by atoms with van der Waals surface area (Å²) in [6.07, 6.45) is 3.30. The third kappa shape index (κ3) is 7.37. The van der Waals surface area contributed by atoms with Gasteiger partial charge in [0.15, 0.2) is 11.5 Å². The molecule has 3 nitrogen and oxygen atoms in total. The number of benzene rings is 1. The standard InChI is InChI=1S/C18H31NO2/c1-6-10-15(14-19-18(3,4)5)21-17-12-9-8-11-16(17)20-13-7-2/h8-9,11-12,15,19H,6-7,10,13-14H2,1-5H3. The topological polar surface area (TPSA) is 30.5 Å². The molecule has 0 aromatic heterocycles. The minimum Gasteiger partial charge on any atom is -0.490 e. The van der Waals surface area contributed by atoms with E-state index in [1.807, 2.05) is 24.3 Å². The Morgan fingerprint density at radius 3 is 2.29 bits per heavy atom. The van der Waals surface area contributed by atoms with Crippen LogP contribution in [0.4, 0.5) is 0 Å². The van der Waals surface area contributed by atoms with Crippen molar-refractivity contribution in [1.29, 1.82) is 0 Å². The lowest BCUT2D eigenvalue weighted by Crippen LogP contribution is -2.42. The van der Waals surface area contributed by atoms with Gasteiger partial charge in [0.05, 0.1) is 6.61 Å². The maximum atomic E-state index is 6.19. The van der Waals surface area contributed by atoms with Crippen molar-refractivity contribution in [2.24, 2.45) is 0 Å². The minimum atomic E-state index is 0.105. The minimum absolute atomic E-state index is 0.105. The quantitative estimate of drug-likeness (QED) is 0.731. The Morgan fingerprint density at radius 2 is 1.71 bits per heavy atom. The molecular weight excluding hydrogens is 262 g/mol. The molecule has 0 aliphatic rings. The van der Waals surface area contributed by atoms with E-state index in [-0.39, 0.29) is 11.6 Å². The van der Waals surface area contributed by atoms with Crippen LogP contribution in [0.5, 0.6) is 11.5 Å². The molecule has 1 rings (SSSR count). The van der Waals surface area contributed by atoms with Crippen LogP contribution in [0.3, 0.4) is 0 Å². The van der Waals surface area contributed by atoms with E-state index >= 15 is 0 Å². The molecule has 1 unspecified atom stereocenters. The molecule has 0 amide bonds. The Morgan fingerprint density at radius 1 is 1.05 bits per heavy atom. The highest BCUT2D eigenvalue weighted by Gasteiger charge is 2.16. The summed E-state index contributed by atoms with van der Waals surface area (Å²) in [6.45, 7) is 12.4. The molecule has 0 bridgehead atoms. The maximum absolute atomic E-state index is 6.19. The average molecular weight is 293 g/mol. The summed E-state index contributed by atoms with van der Waals surface area (Å²) < 4.78 is 12.0. The number of ether oxygens (including phenoxy) is 2. The first-order chi connectivity index (χ1) is 9.96. The van der Waals surface area contributed by atoms with Gasteiger partial charge < -0.3 is 14.8 Å². The second-order valence-electron chi connectivity index (χ2n) is 6.45. The Balaban J connectivity index is 2.69. The van der Waals surface area contributed by atoms with Gasteiger partial charge in [-0.25, -0.2) is 0 Å². The number of nitrogens with one attached hydrogen (secondary N) is 1. The predicted octanol–water partition coefficient (Wildman–Crippen LogP) is 4.41. The summed E-state index contributed by atoms with van der Waals surface area (Å²) in [5, 5.41) is 3.52. The van der Waals surface area contributed by atoms with Crippen LogP contribution in [0, 0.1) is 0 Å². The summed E-state index contributed by atoms with van der Waals surface area (Å²) in [6, 6.07) is 7.95. The van der Waals surface area contributed by atoms with E-state index < -0.39 is 0 Å². The number of hydrogen-bond donors (Lipinski definition) is 1. The van der Waals surface area contributed by atoms with Crippen LogP contribution in [0.25, 0.3) is 0 Å². The fourth-order valence-corrected chi connectivity index (χ4v) is 2.00. The fourth-order valence-electron chi connectivity index (χ4n) is 2.00. The van der Waals surface area contributed by atoms with Crippen molar-refractivity contribution in [1.82, 2.24) is 5.32 Å². The number of hydrogen-bond acceptors (Lipinski definition) is 3. The fraction of sp³-hybridized carbons (Fsp3) is 0.667. The lowest BCUT2D eigenvalue weighted by Gasteiger charge is -2.26. The largest absolute Gasteiger partial charge is 0.490 e. The van der Waals surface area contributed by atoms with Crippen LogP contribution in [-0.4, -0.2) is 24.8 Å². The smallest absolute Gasteiger partial charge is 0.161 e. The molecule has 0 saturated carbocycles. The molecular formula is C18H31NO2. The van der Waals surface area contributed by atoms with Crippen LogP contribution in [-0.2, 0) is 0 Å². The van der Waals surface area contributed by atoms with Gasteiger partial charge in [-0.2, -0.15) is 0 Å². The van der Waals surface area contributed by atoms with Crippen molar-refractivity contribution in [3.63, 3.8) is 0 Å². The zero-order valence-corrected chi connectivity index (χ0v) is 14.2. The lowest BCUT2D eigenvalue weighted by molar-refractivity contribution is 0.165. The van der Waals surface area contributed by atoms with Crippen molar-refractivity contribution >= 4 is 0 Å². The van der Waals surface area contributed by atoms with Gasteiger partial charge in [-0.05, 0) is 45.7 Å². The van der Waals surface area contributed by atoms with E-state index in [4.69, 9.17) is 9.47 Å². The molecule has 0 saturated heterocycles. The van der Waals surface area contributed by atoms with Crippen molar-refractivity contribution in [2.75, 3.05) is 13.2 Å². The van der Waals surface area contributed by atoms with Crippen molar-refractivity contribution in [2.45, 2.75) is 65.5 Å². The summed E-state index contributed by atoms with van der Waals surface area (Å²) >= 11 is 0. The van der Waals surface area contributed by atoms with Crippen molar-refractivity contribution in [3.8, 4) is 11.5 Å². The molecule has 1 aromatic rings. The molecule has 1 atom stereocenters. The average Bonchev–Trinajstić information content (AvgIpc) is 2.43. The van der Waals surface area contributed by atoms with Gasteiger partial charge in [0.2, 0.25) is 0 Å². The van der Waals surface area contributed by atoms with Crippen LogP contribution >= 0.6 is 0 Å². The predicted molar refractivity (Wildman–Crippen MR) is 89.3 cm³/mol. The van der Waals surface area contributed by atoms with E-state index in [2.05, 4.69) is 39.9 Å². The Kier molecular flexibility index (Phi) is 7.58.